The van der Waals surface area contributed by atoms with Crippen LogP contribution in [-0.2, 0) is 11.2 Å². The van der Waals surface area contributed by atoms with Gasteiger partial charge in [-0.1, -0.05) is 32.0 Å². The highest BCUT2D eigenvalue weighted by Crippen LogP contribution is 2.35. The molecule has 4 nitrogen and oxygen atoms in total. The normalized spacial score (nSPS) is 21.5. The number of methoxy groups -OCH3 is 1. The first-order chi connectivity index (χ1) is 14.2. The van der Waals surface area contributed by atoms with E-state index in [0.29, 0.717) is 12.8 Å². The second-order valence-electron chi connectivity index (χ2n) is 7.10. The Kier molecular flexibility index (Phi) is 7.67. The zero-order chi connectivity index (χ0) is 20.8. The van der Waals surface area contributed by atoms with Crippen LogP contribution in [0.15, 0.2) is 47.8 Å². The molecule has 0 aliphatic carbocycles. The second-order valence-corrected chi connectivity index (χ2v) is 8.01. The van der Waals surface area contributed by atoms with Crippen molar-refractivity contribution in [1.29, 1.82) is 0 Å². The van der Waals surface area contributed by atoms with Crippen LogP contribution < -0.4 is 4.74 Å². The number of hydrogen-bond acceptors (Lipinski definition) is 5. The van der Waals surface area contributed by atoms with Gasteiger partial charge < -0.3 is 19.7 Å². The van der Waals surface area contributed by atoms with E-state index in [9.17, 15) is 10.2 Å². The number of hydrogen-bond donors (Lipinski definition) is 2. The van der Waals surface area contributed by atoms with Gasteiger partial charge in [0.15, 0.2) is 0 Å². The van der Waals surface area contributed by atoms with E-state index in [1.54, 1.807) is 18.4 Å². The van der Waals surface area contributed by atoms with Crippen LogP contribution in [0.4, 0.5) is 0 Å². The van der Waals surface area contributed by atoms with Gasteiger partial charge >= 0.3 is 0 Å². The van der Waals surface area contributed by atoms with Crippen LogP contribution in [0.3, 0.4) is 0 Å². The lowest BCUT2D eigenvalue weighted by atomic mass is 9.94. The standard InChI is InChI=1S/C22H24O4S.C2H6/c1-25-18-5-2-14(3-6-18)8-16-13-27-22-7-4-15(9-20(16)22)21-11-17(24)10-19(12-23)26-21;1-2/h2-7,9,13,17,19,21,23-24H,8,10-12H2,1H3;1-2H3. The van der Waals surface area contributed by atoms with Crippen LogP contribution in [0.1, 0.15) is 49.5 Å². The zero-order valence-corrected chi connectivity index (χ0v) is 18.1. The summed E-state index contributed by atoms with van der Waals surface area (Å²) in [6.07, 6.45) is 1.02. The number of aliphatic hydroxyl groups excluding tert-OH is 2. The van der Waals surface area contributed by atoms with Crippen molar-refractivity contribution in [1.82, 2.24) is 0 Å². The summed E-state index contributed by atoms with van der Waals surface area (Å²) in [5, 5.41) is 23.0. The average molecular weight is 415 g/mol. The van der Waals surface area contributed by atoms with Crippen LogP contribution >= 0.6 is 11.3 Å². The molecule has 29 heavy (non-hydrogen) atoms. The maximum Gasteiger partial charge on any atom is 0.118 e. The van der Waals surface area contributed by atoms with E-state index >= 15 is 0 Å². The summed E-state index contributed by atoms with van der Waals surface area (Å²) < 4.78 is 12.5. The van der Waals surface area contributed by atoms with E-state index in [4.69, 9.17) is 9.47 Å². The van der Waals surface area contributed by atoms with Gasteiger partial charge in [0.1, 0.15) is 5.75 Å². The molecule has 1 saturated heterocycles. The summed E-state index contributed by atoms with van der Waals surface area (Å²) in [5.41, 5.74) is 3.59. The van der Waals surface area contributed by atoms with E-state index in [1.165, 1.54) is 21.2 Å². The molecular weight excluding hydrogens is 384 g/mol. The highest BCUT2D eigenvalue weighted by Gasteiger charge is 2.29. The fourth-order valence-electron chi connectivity index (χ4n) is 3.72. The number of rotatable bonds is 5. The molecule has 1 aromatic heterocycles. The maximum atomic E-state index is 10.1. The molecule has 1 aliphatic rings. The summed E-state index contributed by atoms with van der Waals surface area (Å²) >= 11 is 1.75. The second kappa shape index (κ2) is 10.2. The van der Waals surface area contributed by atoms with Gasteiger partial charge in [-0.3, -0.25) is 0 Å². The summed E-state index contributed by atoms with van der Waals surface area (Å²) in [5.74, 6) is 0.864. The van der Waals surface area contributed by atoms with Crippen molar-refractivity contribution in [2.75, 3.05) is 13.7 Å². The van der Waals surface area contributed by atoms with E-state index in [-0.39, 0.29) is 18.8 Å². The molecule has 0 saturated carbocycles. The third kappa shape index (κ3) is 5.17. The predicted octanol–water partition coefficient (Wildman–Crippen LogP) is 5.10. The summed E-state index contributed by atoms with van der Waals surface area (Å²) in [4.78, 5) is 0. The predicted molar refractivity (Wildman–Crippen MR) is 119 cm³/mol. The fourth-order valence-corrected chi connectivity index (χ4v) is 4.67. The quantitative estimate of drug-likeness (QED) is 0.610. The lowest BCUT2D eigenvalue weighted by Gasteiger charge is -2.32. The average Bonchev–Trinajstić information content (AvgIpc) is 3.17. The number of ether oxygens (including phenoxy) is 2. The van der Waals surface area contributed by atoms with E-state index in [2.05, 4.69) is 35.7 Å². The highest BCUT2D eigenvalue weighted by molar-refractivity contribution is 7.17. The largest absolute Gasteiger partial charge is 0.497 e. The number of aliphatic hydroxyl groups is 2. The van der Waals surface area contributed by atoms with Crippen molar-refractivity contribution in [2.45, 2.75) is 51.4 Å². The molecule has 0 bridgehead atoms. The molecule has 2 N–H and O–H groups in total. The molecule has 3 atom stereocenters. The van der Waals surface area contributed by atoms with Gasteiger partial charge in [0.05, 0.1) is 32.0 Å². The minimum atomic E-state index is -0.433. The van der Waals surface area contributed by atoms with Crippen molar-refractivity contribution in [2.24, 2.45) is 0 Å². The summed E-state index contributed by atoms with van der Waals surface area (Å²) in [7, 11) is 1.68. The highest BCUT2D eigenvalue weighted by atomic mass is 32.1. The fraction of sp³-hybridized carbons (Fsp3) is 0.417. The van der Waals surface area contributed by atoms with Gasteiger partial charge in [0.2, 0.25) is 0 Å². The Bertz CT molecular complexity index is 903. The van der Waals surface area contributed by atoms with Gasteiger partial charge in [-0.2, -0.15) is 0 Å². The van der Waals surface area contributed by atoms with Crippen molar-refractivity contribution < 1.29 is 19.7 Å². The Balaban J connectivity index is 0.00000117. The molecule has 1 fully saturated rings. The van der Waals surface area contributed by atoms with Crippen LogP contribution in [0.5, 0.6) is 5.75 Å². The number of thiophene rings is 1. The van der Waals surface area contributed by atoms with Crippen LogP contribution in [0.25, 0.3) is 10.1 Å². The number of fused-ring (bicyclic) bond motifs is 1. The van der Waals surface area contributed by atoms with Crippen LogP contribution in [0, 0.1) is 0 Å². The monoisotopic (exact) mass is 414 g/mol. The molecule has 5 heteroatoms. The van der Waals surface area contributed by atoms with E-state index < -0.39 is 6.10 Å². The summed E-state index contributed by atoms with van der Waals surface area (Å²) in [6.45, 7) is 3.94. The minimum absolute atomic E-state index is 0.0586. The van der Waals surface area contributed by atoms with Gasteiger partial charge in [0.25, 0.3) is 0 Å². The van der Waals surface area contributed by atoms with Crippen LogP contribution in [0.2, 0.25) is 0 Å². The molecule has 2 aromatic carbocycles. The molecule has 1 aliphatic heterocycles. The topological polar surface area (TPSA) is 58.9 Å². The first-order valence-electron chi connectivity index (χ1n) is 10.2. The lowest BCUT2D eigenvalue weighted by molar-refractivity contribution is -0.113. The van der Waals surface area contributed by atoms with E-state index in [1.807, 2.05) is 26.0 Å². The molecular formula is C24H30O4S. The van der Waals surface area contributed by atoms with Crippen molar-refractivity contribution in [3.8, 4) is 5.75 Å². The molecule has 0 amide bonds. The first-order valence-corrected chi connectivity index (χ1v) is 11.1. The molecule has 4 rings (SSSR count). The van der Waals surface area contributed by atoms with Crippen molar-refractivity contribution in [3.05, 3.63) is 64.5 Å². The Labute approximate surface area is 176 Å². The third-order valence-electron chi connectivity index (χ3n) is 5.18. The number of benzene rings is 2. The van der Waals surface area contributed by atoms with Crippen molar-refractivity contribution in [3.63, 3.8) is 0 Å². The Morgan fingerprint density at radius 3 is 2.55 bits per heavy atom. The Morgan fingerprint density at radius 1 is 1.10 bits per heavy atom. The Morgan fingerprint density at radius 2 is 1.86 bits per heavy atom. The molecule has 3 unspecified atom stereocenters. The minimum Gasteiger partial charge on any atom is -0.497 e. The zero-order valence-electron chi connectivity index (χ0n) is 17.3. The molecule has 0 radical (unpaired) electrons. The van der Waals surface area contributed by atoms with Gasteiger partial charge in [-0.15, -0.1) is 11.3 Å². The van der Waals surface area contributed by atoms with Gasteiger partial charge in [0, 0.05) is 17.5 Å². The first kappa shape index (κ1) is 21.8. The molecule has 0 spiro atoms. The molecule has 2 heterocycles. The smallest absolute Gasteiger partial charge is 0.118 e. The van der Waals surface area contributed by atoms with E-state index in [0.717, 1.165) is 17.7 Å². The van der Waals surface area contributed by atoms with Gasteiger partial charge in [-0.25, -0.2) is 0 Å². The maximum absolute atomic E-state index is 10.1. The Hall–Kier alpha value is -1.92. The van der Waals surface area contributed by atoms with Crippen LogP contribution in [-0.4, -0.2) is 36.1 Å². The van der Waals surface area contributed by atoms with Gasteiger partial charge in [-0.05, 0) is 58.1 Å². The SMILES string of the molecule is CC.COc1ccc(Cc2csc3ccc(C4CC(O)CC(CO)O4)cc23)cc1. The summed E-state index contributed by atoms with van der Waals surface area (Å²) in [6, 6.07) is 14.6. The van der Waals surface area contributed by atoms with Crippen molar-refractivity contribution >= 4 is 21.4 Å². The lowest BCUT2D eigenvalue weighted by Crippen LogP contribution is -2.33. The molecule has 156 valence electrons. The third-order valence-corrected chi connectivity index (χ3v) is 6.20. The molecule has 3 aromatic rings.